The average molecular weight is 1410 g/mol. The Kier molecular flexibility index (Phi) is 81.2. The molecule has 0 aromatic heterocycles. The second-order valence-electron chi connectivity index (χ2n) is 17.2. The first-order valence-electron chi connectivity index (χ1n) is 22.7. The van der Waals surface area contributed by atoms with Crippen molar-refractivity contribution in [3.05, 3.63) is 153 Å². The zero-order valence-electron chi connectivity index (χ0n) is 43.7. The minimum atomic E-state index is -0.918. The molecule has 0 heterocycles. The van der Waals surface area contributed by atoms with Gasteiger partial charge in [-0.3, -0.25) is 0 Å². The fraction of sp³-hybridized carbons (Fsp3) is 0.571. The van der Waals surface area contributed by atoms with Gasteiger partial charge >= 0.3 is 68.3 Å². The number of allylic oxidation sites excluding steroid dienone is 16. The van der Waals surface area contributed by atoms with Gasteiger partial charge in [0.2, 0.25) is 0 Å². The third-order valence-corrected chi connectivity index (χ3v) is 20.9. The van der Waals surface area contributed by atoms with E-state index in [1.807, 2.05) is 12.2 Å². The van der Waals surface area contributed by atoms with Crippen molar-refractivity contribution in [2.75, 3.05) is 25.7 Å². The molecule has 8 aliphatic carbocycles. The van der Waals surface area contributed by atoms with E-state index in [-0.39, 0.29) is 229 Å². The molecule has 7 atom stereocenters. The second-order valence-corrected chi connectivity index (χ2v) is 23.6. The molecule has 0 bridgehead atoms. The summed E-state index contributed by atoms with van der Waals surface area (Å²) in [6, 6.07) is 0. The van der Waals surface area contributed by atoms with Gasteiger partial charge in [0.15, 0.2) is 0 Å². The summed E-state index contributed by atoms with van der Waals surface area (Å²) in [4.78, 5) is 0. The summed E-state index contributed by atoms with van der Waals surface area (Å²) >= 11 is 0. The molecule has 4 saturated carbocycles. The van der Waals surface area contributed by atoms with Crippen LogP contribution < -0.4 is 0 Å². The van der Waals surface area contributed by atoms with Crippen molar-refractivity contribution in [3.63, 3.8) is 0 Å². The molecule has 4 radical (unpaired) electrons. The summed E-state index contributed by atoms with van der Waals surface area (Å²) in [5.41, 5.74) is 0. The fourth-order valence-electron chi connectivity index (χ4n) is 9.94. The van der Waals surface area contributed by atoms with E-state index in [9.17, 15) is 0 Å². The molecule has 0 saturated heterocycles. The van der Waals surface area contributed by atoms with Gasteiger partial charge in [0.1, 0.15) is 0 Å². The van der Waals surface area contributed by atoms with Gasteiger partial charge < -0.3 is 29.7 Å². The maximum atomic E-state index is 2.61. The molecular formula is C56H96Fe4P2Y4+2. The van der Waals surface area contributed by atoms with Gasteiger partial charge in [-0.05, 0) is 58.9 Å². The molecule has 4 fully saturated rings. The average Bonchev–Trinajstić information content (AvgIpc) is 4.11. The van der Waals surface area contributed by atoms with Crippen molar-refractivity contribution in [1.29, 1.82) is 0 Å². The first kappa shape index (κ1) is 93.3. The van der Waals surface area contributed by atoms with Crippen LogP contribution in [0.2, 0.25) is 0 Å². The Labute approximate surface area is 561 Å². The molecule has 7 unspecified atom stereocenters. The van der Waals surface area contributed by atoms with Gasteiger partial charge in [-0.25, -0.2) is 61.4 Å². The Morgan fingerprint density at radius 3 is 1.08 bits per heavy atom. The maximum absolute atomic E-state index is 2.61. The van der Waals surface area contributed by atoms with E-state index < -0.39 is 7.26 Å². The first-order valence-corrected chi connectivity index (χ1v) is 27.1. The predicted octanol–water partition coefficient (Wildman–Crippen LogP) is 17.8. The van der Waals surface area contributed by atoms with Gasteiger partial charge in [-0.1, -0.05) is 129 Å². The number of hydrogen-bond acceptors (Lipinski definition) is 0. The third kappa shape index (κ3) is 33.7. The van der Waals surface area contributed by atoms with Crippen molar-refractivity contribution in [2.45, 2.75) is 154 Å². The molecule has 0 spiro atoms. The van der Waals surface area contributed by atoms with Crippen molar-refractivity contribution in [2.24, 2.45) is 23.7 Å². The SMILES string of the molecule is C1=C[CH-]CC=C1.C1=C[CH-]CC=C1.C1CCCC1.C1CCCC1.CC[P+](C)(CC)C1(C2CCCC2C)C=CC=C[CH-]1.C[PH2+]C1(C2CCCC2C)C=CC=C[CH-]1.[CH3-].[CH3-].[CH3-].[CH3-].[Fe+2].[Fe+2].[Fe+2].[Fe+2].[Y].[Y].[Y].[Y]. The molecule has 0 nitrogen and oxygen atoms in total. The van der Waals surface area contributed by atoms with Gasteiger partial charge in [-0.15, -0.1) is 36.5 Å². The molecule has 8 rings (SSSR count). The maximum Gasteiger partial charge on any atom is 2.00 e. The smallest absolute Gasteiger partial charge is 0.358 e. The van der Waals surface area contributed by atoms with E-state index in [1.165, 1.54) is 115 Å². The fourth-order valence-corrected chi connectivity index (χ4v) is 15.1. The standard InChI is InChI=1S/C17H29P.C13H20P.2C6H7.2C5H10.4CH3.4Fe.4Y/c1-5-18(4,6-2)17(13-8-7-9-14-17)16-12-10-11-15(16)3;1-11-7-6-8-12(11)13(14-2)9-4-3-5-10-13;2*1-2-4-6-5-3-1;2*1-2-4-5-3-1;;;;;;;;;;;;/h7-9,13-16H,5-6,10-12H2,1-4H3;3-5,9-12,14H,6-8H2,1-2H3;2*1-5H,6H2;2*1-5H2;4*1H3;;;;;;;;/q;3*-1;;;4*-1;4*+2;;;;/p+1. The van der Waals surface area contributed by atoms with Crippen molar-refractivity contribution < 1.29 is 199 Å². The van der Waals surface area contributed by atoms with Crippen LogP contribution in [0.25, 0.3) is 0 Å². The Bertz CT molecular complexity index is 1180. The Morgan fingerprint density at radius 2 is 0.848 bits per heavy atom. The Balaban J connectivity index is -0.0000000734. The summed E-state index contributed by atoms with van der Waals surface area (Å²) in [5, 5.41) is 0.867. The van der Waals surface area contributed by atoms with Crippen LogP contribution in [-0.4, -0.2) is 36.0 Å². The molecule has 0 N–H and O–H groups in total. The van der Waals surface area contributed by atoms with Crippen LogP contribution >= 0.6 is 15.8 Å². The Morgan fingerprint density at radius 1 is 0.485 bits per heavy atom. The zero-order chi connectivity index (χ0) is 38.8. The summed E-state index contributed by atoms with van der Waals surface area (Å²) in [7, 11) is -0.413. The molecule has 0 aromatic carbocycles. The molecule has 66 heavy (non-hydrogen) atoms. The van der Waals surface area contributed by atoms with Gasteiger partial charge in [0, 0.05) is 151 Å². The van der Waals surface area contributed by atoms with Crippen molar-refractivity contribution >= 4 is 15.8 Å². The van der Waals surface area contributed by atoms with E-state index in [0.29, 0.717) is 18.9 Å². The first-order chi connectivity index (χ1) is 26.4. The van der Waals surface area contributed by atoms with Crippen LogP contribution in [0.4, 0.5) is 0 Å². The monoisotopic (exact) mass is 1410 g/mol. The van der Waals surface area contributed by atoms with Crippen LogP contribution in [0.1, 0.15) is 143 Å². The van der Waals surface area contributed by atoms with Crippen molar-refractivity contribution in [1.82, 2.24) is 0 Å². The predicted molar refractivity (Wildman–Crippen MR) is 279 cm³/mol. The van der Waals surface area contributed by atoms with Crippen LogP contribution in [0.15, 0.2) is 97.2 Å². The topological polar surface area (TPSA) is 0 Å². The van der Waals surface area contributed by atoms with Crippen LogP contribution in [0, 0.1) is 79.1 Å². The molecule has 8 aliphatic rings. The van der Waals surface area contributed by atoms with Crippen LogP contribution in [0.3, 0.4) is 0 Å². The number of hydrogen-bond donors (Lipinski definition) is 0. The van der Waals surface area contributed by atoms with E-state index >= 15 is 0 Å². The van der Waals surface area contributed by atoms with E-state index in [0.717, 1.165) is 36.5 Å². The molecule has 10 heteroatoms. The third-order valence-electron chi connectivity index (χ3n) is 13.8. The summed E-state index contributed by atoms with van der Waals surface area (Å²) in [6.07, 6.45) is 73.0. The molecule has 0 aromatic rings. The Hall–Kier alpha value is 4.75. The largest absolute Gasteiger partial charge is 2.00 e. The summed E-state index contributed by atoms with van der Waals surface area (Å²) in [6.45, 7) is 14.8. The van der Waals surface area contributed by atoms with Crippen LogP contribution in [0.5, 0.6) is 0 Å². The van der Waals surface area contributed by atoms with Crippen molar-refractivity contribution in [3.8, 4) is 0 Å². The molecule has 0 amide bonds. The normalized spacial score (nSPS) is 25.5. The van der Waals surface area contributed by atoms with Gasteiger partial charge in [-0.2, -0.15) is 12.8 Å². The van der Waals surface area contributed by atoms with Gasteiger partial charge in [0.05, 0.1) is 22.6 Å². The van der Waals surface area contributed by atoms with Crippen LogP contribution in [-0.2, 0) is 199 Å². The number of rotatable bonds is 6. The summed E-state index contributed by atoms with van der Waals surface area (Å²) in [5.74, 6) is 3.63. The molecule has 372 valence electrons. The van der Waals surface area contributed by atoms with Gasteiger partial charge in [0.25, 0.3) is 0 Å². The minimum Gasteiger partial charge on any atom is -0.358 e. The van der Waals surface area contributed by atoms with E-state index in [1.54, 1.807) is 0 Å². The molecular weight excluding hydrogens is 1310 g/mol. The van der Waals surface area contributed by atoms with E-state index in [2.05, 4.69) is 152 Å². The second kappa shape index (κ2) is 57.5. The zero-order valence-corrected chi connectivity index (χ0v) is 61.6. The quantitative estimate of drug-likeness (QED) is 0.141. The minimum absolute atomic E-state index is 0. The van der Waals surface area contributed by atoms with E-state index in [4.69, 9.17) is 0 Å². The molecule has 0 aliphatic heterocycles. The summed E-state index contributed by atoms with van der Waals surface area (Å²) < 4.78 is 0.